The van der Waals surface area contributed by atoms with Crippen molar-refractivity contribution in [1.29, 1.82) is 0 Å². The third-order valence-corrected chi connectivity index (χ3v) is 5.54. The van der Waals surface area contributed by atoms with Crippen molar-refractivity contribution in [3.63, 3.8) is 0 Å². The van der Waals surface area contributed by atoms with Gasteiger partial charge in [-0.1, -0.05) is 23.7 Å². The molecule has 0 saturated heterocycles. The average molecular weight is 261 g/mol. The summed E-state index contributed by atoms with van der Waals surface area (Å²) in [4.78, 5) is 0. The Labute approximate surface area is 112 Å². The van der Waals surface area contributed by atoms with E-state index in [-0.39, 0.29) is 6.61 Å². The average Bonchev–Trinajstić information content (AvgIpc) is 2.87. The summed E-state index contributed by atoms with van der Waals surface area (Å²) in [6, 6.07) is 8.12. The molecule has 0 spiro atoms. The molecular formula is C16H17ClO. The van der Waals surface area contributed by atoms with Crippen molar-refractivity contribution in [2.75, 3.05) is 6.61 Å². The van der Waals surface area contributed by atoms with E-state index in [2.05, 4.69) is 12.1 Å². The van der Waals surface area contributed by atoms with E-state index in [0.717, 1.165) is 16.9 Å². The molecule has 1 aromatic carbocycles. The summed E-state index contributed by atoms with van der Waals surface area (Å²) in [5.41, 5.74) is 3.95. The fourth-order valence-corrected chi connectivity index (χ4v) is 4.92. The molecular weight excluding hydrogens is 244 g/mol. The van der Waals surface area contributed by atoms with Gasteiger partial charge in [0.25, 0.3) is 0 Å². The van der Waals surface area contributed by atoms with Gasteiger partial charge in [0, 0.05) is 5.02 Å². The Morgan fingerprint density at radius 1 is 1.17 bits per heavy atom. The van der Waals surface area contributed by atoms with E-state index in [1.807, 2.05) is 12.1 Å². The lowest BCUT2D eigenvalue weighted by Crippen LogP contribution is -2.36. The normalized spacial score (nSPS) is 36.8. The second-order valence-corrected chi connectivity index (χ2v) is 6.43. The maximum Gasteiger partial charge on any atom is 0.0650 e. The van der Waals surface area contributed by atoms with Crippen LogP contribution in [0.4, 0.5) is 0 Å². The molecule has 2 saturated carbocycles. The van der Waals surface area contributed by atoms with Gasteiger partial charge in [0.15, 0.2) is 0 Å². The first kappa shape index (κ1) is 11.1. The van der Waals surface area contributed by atoms with E-state index in [9.17, 15) is 5.11 Å². The highest BCUT2D eigenvalue weighted by Gasteiger charge is 2.56. The van der Waals surface area contributed by atoms with Gasteiger partial charge in [-0.05, 0) is 71.8 Å². The van der Waals surface area contributed by atoms with Crippen LogP contribution in [0, 0.1) is 23.7 Å². The highest BCUT2D eigenvalue weighted by molar-refractivity contribution is 6.30. The van der Waals surface area contributed by atoms with E-state index in [0.29, 0.717) is 11.8 Å². The summed E-state index contributed by atoms with van der Waals surface area (Å²) in [5.74, 6) is 3.11. The van der Waals surface area contributed by atoms with Crippen molar-refractivity contribution in [1.82, 2.24) is 0 Å². The molecule has 0 aromatic heterocycles. The molecule has 2 bridgehead atoms. The highest BCUT2D eigenvalue weighted by atomic mass is 35.5. The minimum absolute atomic E-state index is 0.228. The number of halogens is 1. The zero-order valence-electron chi connectivity index (χ0n) is 10.3. The Balaban J connectivity index is 1.80. The molecule has 94 valence electrons. The molecule has 3 aliphatic carbocycles. The molecule has 1 aromatic rings. The summed E-state index contributed by atoms with van der Waals surface area (Å²) >= 11 is 6.10. The fraction of sp³-hybridized carbons (Fsp3) is 0.500. The smallest absolute Gasteiger partial charge is 0.0650 e. The predicted molar refractivity (Wildman–Crippen MR) is 73.3 cm³/mol. The zero-order chi connectivity index (χ0) is 12.3. The third-order valence-electron chi connectivity index (χ3n) is 5.30. The fourth-order valence-electron chi connectivity index (χ4n) is 4.73. The van der Waals surface area contributed by atoms with Gasteiger partial charge in [-0.15, -0.1) is 0 Å². The van der Waals surface area contributed by atoms with Crippen LogP contribution in [0.15, 0.2) is 29.8 Å². The van der Waals surface area contributed by atoms with Crippen LogP contribution in [0.1, 0.15) is 24.8 Å². The second-order valence-electron chi connectivity index (χ2n) is 5.99. The number of hydrogen-bond acceptors (Lipinski definition) is 1. The summed E-state index contributed by atoms with van der Waals surface area (Å²) in [5, 5.41) is 10.5. The molecule has 4 rings (SSSR count). The van der Waals surface area contributed by atoms with E-state index in [1.54, 1.807) is 0 Å². The number of hydrogen-bond donors (Lipinski definition) is 1. The quantitative estimate of drug-likeness (QED) is 0.858. The molecule has 0 amide bonds. The summed E-state index contributed by atoms with van der Waals surface area (Å²) in [6.45, 7) is 0.228. The first-order chi connectivity index (χ1) is 8.79. The lowest BCUT2D eigenvalue weighted by atomic mass is 9.60. The SMILES string of the molecule is OCC1=C(c2cccc(Cl)c2)C2C3CCC(C3)C12. The van der Waals surface area contributed by atoms with E-state index in [1.165, 1.54) is 36.0 Å². The number of benzene rings is 1. The first-order valence-corrected chi connectivity index (χ1v) is 7.27. The van der Waals surface area contributed by atoms with Crippen molar-refractivity contribution in [2.24, 2.45) is 23.7 Å². The molecule has 0 heterocycles. The van der Waals surface area contributed by atoms with Gasteiger partial charge in [-0.3, -0.25) is 0 Å². The Morgan fingerprint density at radius 2 is 1.94 bits per heavy atom. The van der Waals surface area contributed by atoms with Crippen molar-refractivity contribution in [2.45, 2.75) is 19.3 Å². The molecule has 4 unspecified atom stereocenters. The van der Waals surface area contributed by atoms with Gasteiger partial charge in [0.1, 0.15) is 0 Å². The number of rotatable bonds is 2. The second kappa shape index (κ2) is 3.85. The van der Waals surface area contributed by atoms with Crippen LogP contribution in [-0.2, 0) is 0 Å². The molecule has 18 heavy (non-hydrogen) atoms. The zero-order valence-corrected chi connectivity index (χ0v) is 11.0. The van der Waals surface area contributed by atoms with Crippen LogP contribution in [-0.4, -0.2) is 11.7 Å². The van der Waals surface area contributed by atoms with Gasteiger partial charge in [0.05, 0.1) is 6.61 Å². The lowest BCUT2D eigenvalue weighted by molar-refractivity contribution is 0.229. The Morgan fingerprint density at radius 3 is 2.67 bits per heavy atom. The number of aliphatic hydroxyl groups is 1. The Hall–Kier alpha value is -0.790. The molecule has 2 heteroatoms. The van der Waals surface area contributed by atoms with E-state index < -0.39 is 0 Å². The van der Waals surface area contributed by atoms with Gasteiger partial charge in [0.2, 0.25) is 0 Å². The molecule has 0 radical (unpaired) electrons. The summed E-state index contributed by atoms with van der Waals surface area (Å²) in [7, 11) is 0. The standard InChI is InChI=1S/C16H17ClO/c17-12-3-1-2-9(7-12)14-13(8-18)15-10-4-5-11(6-10)16(14)15/h1-3,7,10-11,15-16,18H,4-6,8H2. The van der Waals surface area contributed by atoms with Gasteiger partial charge in [-0.25, -0.2) is 0 Å². The maximum atomic E-state index is 9.67. The van der Waals surface area contributed by atoms with Gasteiger partial charge >= 0.3 is 0 Å². The van der Waals surface area contributed by atoms with Crippen molar-refractivity contribution >= 4 is 17.2 Å². The van der Waals surface area contributed by atoms with Crippen LogP contribution in [0.2, 0.25) is 5.02 Å². The number of aliphatic hydroxyl groups excluding tert-OH is 1. The topological polar surface area (TPSA) is 20.2 Å². The maximum absolute atomic E-state index is 9.67. The van der Waals surface area contributed by atoms with Crippen molar-refractivity contribution in [3.8, 4) is 0 Å². The van der Waals surface area contributed by atoms with Crippen molar-refractivity contribution < 1.29 is 5.11 Å². The molecule has 1 N–H and O–H groups in total. The van der Waals surface area contributed by atoms with E-state index >= 15 is 0 Å². The minimum Gasteiger partial charge on any atom is -0.392 e. The first-order valence-electron chi connectivity index (χ1n) is 6.89. The molecule has 0 aliphatic heterocycles. The Bertz CT molecular complexity index is 534. The largest absolute Gasteiger partial charge is 0.392 e. The molecule has 3 aliphatic rings. The number of allylic oxidation sites excluding steroid dienone is 1. The molecule has 2 fully saturated rings. The van der Waals surface area contributed by atoms with E-state index in [4.69, 9.17) is 11.6 Å². The Kier molecular flexibility index (Phi) is 2.37. The number of fused-ring (bicyclic) bond motifs is 5. The van der Waals surface area contributed by atoms with Crippen LogP contribution < -0.4 is 0 Å². The van der Waals surface area contributed by atoms with Crippen molar-refractivity contribution in [3.05, 3.63) is 40.4 Å². The third kappa shape index (κ3) is 1.32. The lowest BCUT2D eigenvalue weighted by Gasteiger charge is -2.45. The minimum atomic E-state index is 0.228. The predicted octanol–water partition coefficient (Wildman–Crippen LogP) is 3.76. The molecule has 1 nitrogen and oxygen atoms in total. The summed E-state index contributed by atoms with van der Waals surface area (Å²) < 4.78 is 0. The van der Waals surface area contributed by atoms with Crippen LogP contribution >= 0.6 is 11.6 Å². The van der Waals surface area contributed by atoms with Gasteiger partial charge < -0.3 is 5.11 Å². The van der Waals surface area contributed by atoms with Gasteiger partial charge in [-0.2, -0.15) is 0 Å². The van der Waals surface area contributed by atoms with Crippen LogP contribution in [0.25, 0.3) is 5.57 Å². The monoisotopic (exact) mass is 260 g/mol. The highest BCUT2D eigenvalue weighted by Crippen LogP contribution is 2.65. The summed E-state index contributed by atoms with van der Waals surface area (Å²) in [6.07, 6.45) is 4.13. The molecule has 4 atom stereocenters. The van der Waals surface area contributed by atoms with Crippen LogP contribution in [0.3, 0.4) is 0 Å². The van der Waals surface area contributed by atoms with Crippen LogP contribution in [0.5, 0.6) is 0 Å².